The Bertz CT molecular complexity index is 969. The highest BCUT2D eigenvalue weighted by molar-refractivity contribution is 5.88. The van der Waals surface area contributed by atoms with Crippen molar-refractivity contribution < 1.29 is 13.6 Å². The highest BCUT2D eigenvalue weighted by Crippen LogP contribution is 2.25. The van der Waals surface area contributed by atoms with Crippen LogP contribution in [-0.2, 0) is 11.2 Å². The van der Waals surface area contributed by atoms with E-state index in [2.05, 4.69) is 10.3 Å². The van der Waals surface area contributed by atoms with E-state index in [-0.39, 0.29) is 5.91 Å². The minimum atomic E-state index is -0.834. The molecule has 0 saturated carbocycles. The van der Waals surface area contributed by atoms with Gasteiger partial charge in [-0.2, -0.15) is 0 Å². The van der Waals surface area contributed by atoms with Gasteiger partial charge < -0.3 is 15.2 Å². The van der Waals surface area contributed by atoms with E-state index >= 15 is 0 Å². The molecule has 27 heavy (non-hydrogen) atoms. The van der Waals surface area contributed by atoms with Crippen molar-refractivity contribution in [2.24, 2.45) is 5.92 Å². The van der Waals surface area contributed by atoms with Crippen LogP contribution in [0.1, 0.15) is 12.0 Å². The first-order chi connectivity index (χ1) is 13.1. The summed E-state index contributed by atoms with van der Waals surface area (Å²) in [6, 6.07) is 11.9. The fourth-order valence-corrected chi connectivity index (χ4v) is 3.69. The molecule has 0 radical (unpaired) electrons. The number of hydrogen-bond donors (Lipinski definition) is 2. The molecule has 0 aliphatic carbocycles. The van der Waals surface area contributed by atoms with E-state index in [0.717, 1.165) is 42.0 Å². The standard InChI is InChI=1S/C21H21F2N3O/c22-18-6-5-16(10-19(18)23)26-8-7-14(13-26)11-25-21(27)9-15-12-24-20-4-2-1-3-17(15)20/h1-6,10,12,14,24H,7-9,11,13H2,(H,25,27)/t14-/m0/s1. The number of para-hydroxylation sites is 1. The lowest BCUT2D eigenvalue weighted by atomic mass is 10.1. The third-order valence-corrected chi connectivity index (χ3v) is 5.17. The minimum absolute atomic E-state index is 0.00831. The summed E-state index contributed by atoms with van der Waals surface area (Å²) in [6.45, 7) is 2.08. The second-order valence-corrected chi connectivity index (χ2v) is 7.04. The molecule has 1 saturated heterocycles. The van der Waals surface area contributed by atoms with E-state index in [0.29, 0.717) is 24.6 Å². The zero-order valence-corrected chi connectivity index (χ0v) is 14.8. The number of aromatic amines is 1. The summed E-state index contributed by atoms with van der Waals surface area (Å²) in [5.74, 6) is -1.38. The Hall–Kier alpha value is -2.89. The molecule has 3 aromatic rings. The summed E-state index contributed by atoms with van der Waals surface area (Å²) in [6.07, 6.45) is 3.13. The lowest BCUT2D eigenvalue weighted by Crippen LogP contribution is -2.32. The molecular formula is C21H21F2N3O. The van der Waals surface area contributed by atoms with Gasteiger partial charge in [0.25, 0.3) is 0 Å². The van der Waals surface area contributed by atoms with Crippen LogP contribution >= 0.6 is 0 Å². The quantitative estimate of drug-likeness (QED) is 0.722. The van der Waals surface area contributed by atoms with Crippen LogP contribution in [0.25, 0.3) is 10.9 Å². The van der Waals surface area contributed by atoms with Crippen LogP contribution in [0.2, 0.25) is 0 Å². The number of amides is 1. The number of nitrogens with one attached hydrogen (secondary N) is 2. The Morgan fingerprint density at radius 2 is 2.04 bits per heavy atom. The van der Waals surface area contributed by atoms with E-state index in [1.165, 1.54) is 6.07 Å². The van der Waals surface area contributed by atoms with Crippen LogP contribution in [-0.4, -0.2) is 30.5 Å². The molecule has 1 aliphatic rings. The van der Waals surface area contributed by atoms with Gasteiger partial charge in [-0.1, -0.05) is 18.2 Å². The second kappa shape index (κ2) is 7.39. The highest BCUT2D eigenvalue weighted by Gasteiger charge is 2.24. The first-order valence-corrected chi connectivity index (χ1v) is 9.12. The largest absolute Gasteiger partial charge is 0.371 e. The first-order valence-electron chi connectivity index (χ1n) is 9.12. The Balaban J connectivity index is 1.30. The molecule has 2 N–H and O–H groups in total. The molecule has 4 rings (SSSR count). The van der Waals surface area contributed by atoms with Crippen molar-refractivity contribution in [2.45, 2.75) is 12.8 Å². The maximum Gasteiger partial charge on any atom is 0.224 e. The molecule has 1 aromatic heterocycles. The fraction of sp³-hybridized carbons (Fsp3) is 0.286. The van der Waals surface area contributed by atoms with Crippen LogP contribution < -0.4 is 10.2 Å². The van der Waals surface area contributed by atoms with Crippen LogP contribution in [0.5, 0.6) is 0 Å². The molecule has 2 heterocycles. The number of rotatable bonds is 5. The van der Waals surface area contributed by atoms with Gasteiger partial charge in [0, 0.05) is 48.5 Å². The topological polar surface area (TPSA) is 48.1 Å². The third-order valence-electron chi connectivity index (χ3n) is 5.17. The first kappa shape index (κ1) is 17.5. The molecule has 0 unspecified atom stereocenters. The molecule has 6 heteroatoms. The molecular weight excluding hydrogens is 348 g/mol. The number of nitrogens with zero attached hydrogens (tertiary/aromatic N) is 1. The summed E-state index contributed by atoms with van der Waals surface area (Å²) < 4.78 is 26.5. The summed E-state index contributed by atoms with van der Waals surface area (Å²) in [7, 11) is 0. The Morgan fingerprint density at radius 1 is 1.19 bits per heavy atom. The summed E-state index contributed by atoms with van der Waals surface area (Å²) in [4.78, 5) is 17.5. The van der Waals surface area contributed by atoms with Crippen molar-refractivity contribution >= 4 is 22.5 Å². The number of anilines is 1. The zero-order valence-electron chi connectivity index (χ0n) is 14.8. The average Bonchev–Trinajstić information content (AvgIpc) is 3.30. The number of hydrogen-bond acceptors (Lipinski definition) is 2. The predicted octanol–water partition coefficient (Wildman–Crippen LogP) is 3.63. The molecule has 1 atom stereocenters. The molecule has 1 amide bonds. The smallest absolute Gasteiger partial charge is 0.224 e. The average molecular weight is 369 g/mol. The van der Waals surface area contributed by atoms with Gasteiger partial charge >= 0.3 is 0 Å². The van der Waals surface area contributed by atoms with E-state index in [1.54, 1.807) is 6.07 Å². The zero-order chi connectivity index (χ0) is 18.8. The monoisotopic (exact) mass is 369 g/mol. The summed E-state index contributed by atoms with van der Waals surface area (Å²) >= 11 is 0. The molecule has 1 aliphatic heterocycles. The number of H-pyrrole nitrogens is 1. The van der Waals surface area contributed by atoms with E-state index in [1.807, 2.05) is 35.4 Å². The van der Waals surface area contributed by atoms with Crippen LogP contribution in [0.4, 0.5) is 14.5 Å². The lowest BCUT2D eigenvalue weighted by molar-refractivity contribution is -0.120. The van der Waals surface area contributed by atoms with Gasteiger partial charge in [-0.3, -0.25) is 4.79 Å². The summed E-state index contributed by atoms with van der Waals surface area (Å²) in [5, 5.41) is 4.07. The number of aromatic nitrogens is 1. The van der Waals surface area contributed by atoms with Crippen molar-refractivity contribution in [1.29, 1.82) is 0 Å². The number of benzene rings is 2. The van der Waals surface area contributed by atoms with E-state index in [4.69, 9.17) is 0 Å². The lowest BCUT2D eigenvalue weighted by Gasteiger charge is -2.19. The SMILES string of the molecule is O=C(Cc1c[nH]c2ccccc12)NC[C@@H]1CCN(c2ccc(F)c(F)c2)C1. The van der Waals surface area contributed by atoms with Crippen molar-refractivity contribution in [2.75, 3.05) is 24.5 Å². The number of fused-ring (bicyclic) bond motifs is 1. The van der Waals surface area contributed by atoms with Crippen molar-refractivity contribution in [3.63, 3.8) is 0 Å². The van der Waals surface area contributed by atoms with Gasteiger partial charge in [-0.05, 0) is 36.1 Å². The van der Waals surface area contributed by atoms with E-state index < -0.39 is 11.6 Å². The maximum atomic E-state index is 13.4. The maximum absolute atomic E-state index is 13.4. The molecule has 2 aromatic carbocycles. The Labute approximate surface area is 156 Å². The van der Waals surface area contributed by atoms with Crippen molar-refractivity contribution in [1.82, 2.24) is 10.3 Å². The van der Waals surface area contributed by atoms with Gasteiger partial charge in [-0.25, -0.2) is 8.78 Å². The van der Waals surface area contributed by atoms with E-state index in [9.17, 15) is 13.6 Å². The fourth-order valence-electron chi connectivity index (χ4n) is 3.69. The van der Waals surface area contributed by atoms with Crippen molar-refractivity contribution in [3.8, 4) is 0 Å². The number of carbonyl (C=O) groups excluding carboxylic acids is 1. The number of carbonyl (C=O) groups is 1. The molecule has 0 spiro atoms. The minimum Gasteiger partial charge on any atom is -0.371 e. The van der Waals surface area contributed by atoms with Crippen molar-refractivity contribution in [3.05, 3.63) is 65.9 Å². The second-order valence-electron chi connectivity index (χ2n) is 7.04. The van der Waals surface area contributed by atoms with Gasteiger partial charge in [0.15, 0.2) is 11.6 Å². The molecule has 1 fully saturated rings. The van der Waals surface area contributed by atoms with Crippen LogP contribution in [0, 0.1) is 17.6 Å². The van der Waals surface area contributed by atoms with Gasteiger partial charge in [-0.15, -0.1) is 0 Å². The summed E-state index contributed by atoms with van der Waals surface area (Å²) in [5.41, 5.74) is 2.69. The Morgan fingerprint density at radius 3 is 2.89 bits per heavy atom. The number of halogens is 2. The van der Waals surface area contributed by atoms with Crippen LogP contribution in [0.3, 0.4) is 0 Å². The Kier molecular flexibility index (Phi) is 4.79. The molecule has 140 valence electrons. The van der Waals surface area contributed by atoms with Gasteiger partial charge in [0.1, 0.15) is 0 Å². The normalized spacial score (nSPS) is 16.8. The highest BCUT2D eigenvalue weighted by atomic mass is 19.2. The predicted molar refractivity (Wildman–Crippen MR) is 102 cm³/mol. The third kappa shape index (κ3) is 3.79. The van der Waals surface area contributed by atoms with Gasteiger partial charge in [0.05, 0.1) is 6.42 Å². The molecule has 4 nitrogen and oxygen atoms in total. The molecule has 0 bridgehead atoms. The van der Waals surface area contributed by atoms with Gasteiger partial charge in [0.2, 0.25) is 5.91 Å². The van der Waals surface area contributed by atoms with Crippen LogP contribution in [0.15, 0.2) is 48.7 Å².